The Hall–Kier alpha value is -1.88. The molecular formula is C17H18ClNO4. The summed E-state index contributed by atoms with van der Waals surface area (Å²) < 4.78 is 10.6. The van der Waals surface area contributed by atoms with Crippen molar-refractivity contribution < 1.29 is 18.7 Å². The molecule has 0 unspecified atom stereocenters. The van der Waals surface area contributed by atoms with E-state index < -0.39 is 0 Å². The van der Waals surface area contributed by atoms with E-state index in [4.69, 9.17) is 20.8 Å². The Kier molecular flexibility index (Phi) is 4.15. The molecule has 0 radical (unpaired) electrons. The Balaban J connectivity index is 1.73. The van der Waals surface area contributed by atoms with Gasteiger partial charge < -0.3 is 9.15 Å². The van der Waals surface area contributed by atoms with Crippen LogP contribution in [0.3, 0.4) is 0 Å². The van der Waals surface area contributed by atoms with Crippen LogP contribution in [0.5, 0.6) is 0 Å². The zero-order chi connectivity index (χ0) is 16.7. The number of carbonyl (C=O) groups excluding carboxylic acids is 2. The van der Waals surface area contributed by atoms with Crippen molar-refractivity contribution in [2.24, 2.45) is 17.8 Å². The van der Waals surface area contributed by atoms with Gasteiger partial charge in [0.05, 0.1) is 17.5 Å². The molecule has 0 saturated heterocycles. The fourth-order valence-corrected chi connectivity index (χ4v) is 2.81. The number of hydrogen-bond acceptors (Lipinski definition) is 5. The number of ketones is 1. The van der Waals surface area contributed by atoms with Crippen LogP contribution in [0.1, 0.15) is 36.5 Å². The summed E-state index contributed by atoms with van der Waals surface area (Å²) >= 11 is 6.15. The smallest absolute Gasteiger partial charge is 0.309 e. The van der Waals surface area contributed by atoms with E-state index in [1.165, 1.54) is 0 Å². The van der Waals surface area contributed by atoms with E-state index in [9.17, 15) is 9.59 Å². The first-order valence-electron chi connectivity index (χ1n) is 7.64. The monoisotopic (exact) mass is 335 g/mol. The van der Waals surface area contributed by atoms with E-state index in [0.29, 0.717) is 40.6 Å². The Bertz CT molecular complexity index is 780. The standard InChI is InChI=1S/C17H18ClNO4/c1-8(2)7-22-17(21)12-6-11(12)15(20)10-4-13(18)16-14(5-10)19-9(3)23-16/h4-5,8,11-12H,6-7H2,1-3H3/t11-,12-/m0/s1. The Morgan fingerprint density at radius 2 is 2.13 bits per heavy atom. The second-order valence-electron chi connectivity index (χ2n) is 6.38. The van der Waals surface area contributed by atoms with Gasteiger partial charge in [0.2, 0.25) is 0 Å². The second kappa shape index (κ2) is 5.96. The lowest BCUT2D eigenvalue weighted by Gasteiger charge is -2.06. The molecule has 0 aliphatic heterocycles. The normalized spacial score (nSPS) is 20.0. The number of esters is 1. The highest BCUT2D eigenvalue weighted by molar-refractivity contribution is 6.35. The van der Waals surface area contributed by atoms with Crippen molar-refractivity contribution in [3.8, 4) is 0 Å². The average molecular weight is 336 g/mol. The summed E-state index contributed by atoms with van der Waals surface area (Å²) in [5.74, 6) is -0.273. The van der Waals surface area contributed by atoms with Gasteiger partial charge in [0.25, 0.3) is 0 Å². The highest BCUT2D eigenvalue weighted by Gasteiger charge is 2.49. The number of benzene rings is 1. The highest BCUT2D eigenvalue weighted by atomic mass is 35.5. The van der Waals surface area contributed by atoms with Crippen molar-refractivity contribution in [3.05, 3.63) is 28.6 Å². The maximum Gasteiger partial charge on any atom is 0.309 e. The molecule has 1 aliphatic carbocycles. The fourth-order valence-electron chi connectivity index (χ4n) is 2.56. The highest BCUT2D eigenvalue weighted by Crippen LogP contribution is 2.42. The van der Waals surface area contributed by atoms with Gasteiger partial charge >= 0.3 is 5.97 Å². The third-order valence-electron chi connectivity index (χ3n) is 3.83. The van der Waals surface area contributed by atoms with E-state index in [1.807, 2.05) is 13.8 Å². The van der Waals surface area contributed by atoms with Crippen LogP contribution in [0.25, 0.3) is 11.1 Å². The van der Waals surface area contributed by atoms with Crippen molar-refractivity contribution >= 4 is 34.5 Å². The number of rotatable bonds is 5. The molecular weight excluding hydrogens is 318 g/mol. The predicted octanol–water partition coefficient (Wildman–Crippen LogP) is 3.81. The van der Waals surface area contributed by atoms with Crippen LogP contribution in [0.4, 0.5) is 0 Å². The molecule has 1 aromatic carbocycles. The zero-order valence-electron chi connectivity index (χ0n) is 13.3. The number of halogens is 1. The van der Waals surface area contributed by atoms with Crippen LogP contribution in [0.15, 0.2) is 16.5 Å². The van der Waals surface area contributed by atoms with Gasteiger partial charge in [-0.15, -0.1) is 0 Å². The van der Waals surface area contributed by atoms with E-state index in [0.717, 1.165) is 0 Å². The molecule has 5 nitrogen and oxygen atoms in total. The minimum absolute atomic E-state index is 0.0963. The first-order valence-corrected chi connectivity index (χ1v) is 8.02. The molecule has 0 N–H and O–H groups in total. The van der Waals surface area contributed by atoms with Gasteiger partial charge in [-0.2, -0.15) is 0 Å². The Morgan fingerprint density at radius 3 is 2.83 bits per heavy atom. The number of oxazole rings is 1. The SMILES string of the molecule is Cc1nc2cc(C(=O)[C@H]3C[C@@H]3C(=O)OCC(C)C)cc(Cl)c2o1. The molecule has 1 aliphatic rings. The Morgan fingerprint density at radius 1 is 1.39 bits per heavy atom. The molecule has 1 aromatic heterocycles. The van der Waals surface area contributed by atoms with Gasteiger partial charge in [-0.25, -0.2) is 4.98 Å². The third kappa shape index (κ3) is 3.24. The lowest BCUT2D eigenvalue weighted by atomic mass is 10.1. The summed E-state index contributed by atoms with van der Waals surface area (Å²) in [6, 6.07) is 3.24. The quantitative estimate of drug-likeness (QED) is 0.614. The average Bonchev–Trinajstić information content (AvgIpc) is 3.19. The molecule has 2 aromatic rings. The predicted molar refractivity (Wildman–Crippen MR) is 85.5 cm³/mol. The van der Waals surface area contributed by atoms with E-state index >= 15 is 0 Å². The summed E-state index contributed by atoms with van der Waals surface area (Å²) in [5.41, 5.74) is 1.49. The molecule has 0 bridgehead atoms. The van der Waals surface area contributed by atoms with Crippen molar-refractivity contribution in [3.63, 3.8) is 0 Å². The third-order valence-corrected chi connectivity index (χ3v) is 4.11. The molecule has 23 heavy (non-hydrogen) atoms. The number of ether oxygens (including phenoxy) is 1. The van der Waals surface area contributed by atoms with Gasteiger partial charge in [-0.3, -0.25) is 9.59 Å². The van der Waals surface area contributed by atoms with Gasteiger partial charge in [0, 0.05) is 18.4 Å². The molecule has 1 fully saturated rings. The minimum Gasteiger partial charge on any atom is -0.465 e. The lowest BCUT2D eigenvalue weighted by molar-refractivity contribution is -0.146. The summed E-state index contributed by atoms with van der Waals surface area (Å²) in [4.78, 5) is 28.7. The summed E-state index contributed by atoms with van der Waals surface area (Å²) in [5, 5.41) is 0.353. The van der Waals surface area contributed by atoms with E-state index in [-0.39, 0.29) is 29.5 Å². The van der Waals surface area contributed by atoms with Crippen LogP contribution in [0, 0.1) is 24.7 Å². The van der Waals surface area contributed by atoms with Crippen LogP contribution >= 0.6 is 11.6 Å². The molecule has 2 atom stereocenters. The molecule has 0 amide bonds. The first-order chi connectivity index (χ1) is 10.9. The van der Waals surface area contributed by atoms with Gasteiger partial charge in [-0.1, -0.05) is 25.4 Å². The molecule has 3 rings (SSSR count). The number of Topliss-reactive ketones (excluding diaryl/α,β-unsaturated/α-hetero) is 1. The number of nitrogens with zero attached hydrogens (tertiary/aromatic N) is 1. The number of aryl methyl sites for hydroxylation is 1. The van der Waals surface area contributed by atoms with Gasteiger partial charge in [-0.05, 0) is 24.5 Å². The molecule has 1 saturated carbocycles. The number of aromatic nitrogens is 1. The van der Waals surface area contributed by atoms with Crippen LogP contribution < -0.4 is 0 Å². The molecule has 122 valence electrons. The van der Waals surface area contributed by atoms with E-state index in [2.05, 4.69) is 4.98 Å². The summed E-state index contributed by atoms with van der Waals surface area (Å²) in [6.45, 7) is 6.05. The number of hydrogen-bond donors (Lipinski definition) is 0. The first kappa shape index (κ1) is 16.0. The van der Waals surface area contributed by atoms with Crippen molar-refractivity contribution in [2.75, 3.05) is 6.61 Å². The molecule has 0 spiro atoms. The lowest BCUT2D eigenvalue weighted by Crippen LogP contribution is -2.14. The minimum atomic E-state index is -0.338. The van der Waals surface area contributed by atoms with Crippen molar-refractivity contribution in [2.45, 2.75) is 27.2 Å². The maximum atomic E-state index is 12.5. The second-order valence-corrected chi connectivity index (χ2v) is 6.78. The van der Waals surface area contributed by atoms with Crippen LogP contribution in [-0.4, -0.2) is 23.3 Å². The topological polar surface area (TPSA) is 69.4 Å². The van der Waals surface area contributed by atoms with Crippen molar-refractivity contribution in [1.29, 1.82) is 0 Å². The van der Waals surface area contributed by atoms with Crippen LogP contribution in [0.2, 0.25) is 5.02 Å². The molecule has 6 heteroatoms. The van der Waals surface area contributed by atoms with E-state index in [1.54, 1.807) is 19.1 Å². The zero-order valence-corrected chi connectivity index (χ0v) is 14.0. The maximum absolute atomic E-state index is 12.5. The number of carbonyl (C=O) groups is 2. The van der Waals surface area contributed by atoms with Gasteiger partial charge in [0.15, 0.2) is 17.3 Å². The number of fused-ring (bicyclic) bond motifs is 1. The summed E-state index contributed by atoms with van der Waals surface area (Å²) in [7, 11) is 0. The van der Waals surface area contributed by atoms with Gasteiger partial charge in [0.1, 0.15) is 5.52 Å². The Labute approximate surface area is 139 Å². The largest absolute Gasteiger partial charge is 0.465 e. The van der Waals surface area contributed by atoms with Crippen molar-refractivity contribution in [1.82, 2.24) is 4.98 Å². The molecule has 1 heterocycles. The van der Waals surface area contributed by atoms with Crippen LogP contribution in [-0.2, 0) is 9.53 Å². The fraction of sp³-hybridized carbons (Fsp3) is 0.471. The summed E-state index contributed by atoms with van der Waals surface area (Å²) in [6.07, 6.45) is 0.531.